The standard InChI is InChI=1S/C27H29ClN4O/c28-22-10-6-11-23(20-22)31-18-16-30(17-19-31)14-7-15-32-25-13-5-4-12-24(25)27(33)29-26(32)21-8-2-1-3-9-21/h1-6,8-13,20,26H,7,14-19H2,(H,29,33). The second-order valence-electron chi connectivity index (χ2n) is 8.66. The van der Waals surface area contributed by atoms with E-state index < -0.39 is 0 Å². The number of benzene rings is 3. The third kappa shape index (κ3) is 4.85. The normalized spacial score (nSPS) is 18.7. The molecule has 1 saturated heterocycles. The molecular formula is C27H29ClN4O. The molecule has 6 heteroatoms. The van der Waals surface area contributed by atoms with Crippen LogP contribution in [-0.2, 0) is 0 Å². The Hall–Kier alpha value is -3.02. The Kier molecular flexibility index (Phi) is 6.51. The van der Waals surface area contributed by atoms with Gasteiger partial charge in [0.2, 0.25) is 0 Å². The number of para-hydroxylation sites is 1. The van der Waals surface area contributed by atoms with Crippen molar-refractivity contribution in [3.05, 3.63) is 95.0 Å². The molecule has 5 rings (SSSR count). The summed E-state index contributed by atoms with van der Waals surface area (Å²) in [6.07, 6.45) is 0.887. The van der Waals surface area contributed by atoms with E-state index in [9.17, 15) is 4.79 Å². The highest BCUT2D eigenvalue weighted by molar-refractivity contribution is 6.30. The number of nitrogens with one attached hydrogen (secondary N) is 1. The molecule has 1 N–H and O–H groups in total. The molecule has 1 unspecified atom stereocenters. The summed E-state index contributed by atoms with van der Waals surface area (Å²) in [5.74, 6) is -0.00663. The first-order valence-corrected chi connectivity index (χ1v) is 12.0. The lowest BCUT2D eigenvalue weighted by Gasteiger charge is -2.40. The third-order valence-corrected chi connectivity index (χ3v) is 6.81. The molecule has 2 heterocycles. The van der Waals surface area contributed by atoms with Crippen LogP contribution in [0.5, 0.6) is 0 Å². The minimum Gasteiger partial charge on any atom is -0.369 e. The van der Waals surface area contributed by atoms with Crippen LogP contribution >= 0.6 is 11.6 Å². The number of hydrogen-bond donors (Lipinski definition) is 1. The predicted octanol–water partition coefficient (Wildman–Crippen LogP) is 4.80. The Morgan fingerprint density at radius 3 is 2.39 bits per heavy atom. The number of rotatable bonds is 6. The van der Waals surface area contributed by atoms with Crippen molar-refractivity contribution >= 4 is 28.9 Å². The molecule has 0 aliphatic carbocycles. The second-order valence-corrected chi connectivity index (χ2v) is 9.10. The Balaban J connectivity index is 1.22. The van der Waals surface area contributed by atoms with Crippen molar-refractivity contribution in [1.82, 2.24) is 10.2 Å². The van der Waals surface area contributed by atoms with E-state index in [1.54, 1.807) is 0 Å². The van der Waals surface area contributed by atoms with E-state index in [-0.39, 0.29) is 12.1 Å². The van der Waals surface area contributed by atoms with Crippen LogP contribution in [0.4, 0.5) is 11.4 Å². The van der Waals surface area contributed by atoms with Crippen LogP contribution in [-0.4, -0.2) is 50.1 Å². The molecule has 170 valence electrons. The van der Waals surface area contributed by atoms with Crippen molar-refractivity contribution < 1.29 is 4.79 Å². The Morgan fingerprint density at radius 2 is 1.61 bits per heavy atom. The van der Waals surface area contributed by atoms with Gasteiger partial charge >= 0.3 is 0 Å². The van der Waals surface area contributed by atoms with Crippen LogP contribution in [0.15, 0.2) is 78.9 Å². The molecule has 0 saturated carbocycles. The summed E-state index contributed by atoms with van der Waals surface area (Å²) in [5, 5.41) is 4.00. The molecular weight excluding hydrogens is 432 g/mol. The molecule has 33 heavy (non-hydrogen) atoms. The van der Waals surface area contributed by atoms with Crippen LogP contribution in [0, 0.1) is 0 Å². The fourth-order valence-corrected chi connectivity index (χ4v) is 5.03. The van der Waals surface area contributed by atoms with Gasteiger partial charge in [0.05, 0.1) is 11.3 Å². The van der Waals surface area contributed by atoms with E-state index in [0.29, 0.717) is 0 Å². The Labute approximate surface area is 200 Å². The number of nitrogens with zero attached hydrogens (tertiary/aromatic N) is 3. The fraction of sp³-hybridized carbons (Fsp3) is 0.296. The maximum atomic E-state index is 12.7. The minimum atomic E-state index is -0.145. The first-order chi connectivity index (χ1) is 16.2. The van der Waals surface area contributed by atoms with E-state index in [1.807, 2.05) is 54.6 Å². The average Bonchev–Trinajstić information content (AvgIpc) is 2.86. The number of amides is 1. The molecule has 0 aromatic heterocycles. The first kappa shape index (κ1) is 21.8. The van der Waals surface area contributed by atoms with Crippen molar-refractivity contribution in [1.29, 1.82) is 0 Å². The Morgan fingerprint density at radius 1 is 0.848 bits per heavy atom. The van der Waals surface area contributed by atoms with Crippen LogP contribution in [0.25, 0.3) is 0 Å². The van der Waals surface area contributed by atoms with E-state index >= 15 is 0 Å². The zero-order valence-electron chi connectivity index (χ0n) is 18.7. The van der Waals surface area contributed by atoms with Crippen molar-refractivity contribution in [2.45, 2.75) is 12.6 Å². The van der Waals surface area contributed by atoms with Gasteiger partial charge in [0.15, 0.2) is 0 Å². The summed E-state index contributed by atoms with van der Waals surface area (Å²) >= 11 is 6.17. The lowest BCUT2D eigenvalue weighted by atomic mass is 10.0. The highest BCUT2D eigenvalue weighted by Gasteiger charge is 2.31. The van der Waals surface area contributed by atoms with Gasteiger partial charge < -0.3 is 15.1 Å². The molecule has 2 aliphatic rings. The zero-order valence-corrected chi connectivity index (χ0v) is 19.4. The van der Waals surface area contributed by atoms with Gasteiger partial charge in [-0.05, 0) is 48.9 Å². The van der Waals surface area contributed by atoms with Crippen LogP contribution < -0.4 is 15.1 Å². The second kappa shape index (κ2) is 9.86. The van der Waals surface area contributed by atoms with E-state index in [1.165, 1.54) is 5.69 Å². The summed E-state index contributed by atoms with van der Waals surface area (Å²) in [4.78, 5) is 20.0. The maximum Gasteiger partial charge on any atom is 0.255 e. The summed E-state index contributed by atoms with van der Waals surface area (Å²) in [7, 11) is 0. The zero-order chi connectivity index (χ0) is 22.6. The maximum absolute atomic E-state index is 12.7. The van der Waals surface area contributed by atoms with Gasteiger partial charge in [-0.25, -0.2) is 0 Å². The van der Waals surface area contributed by atoms with Crippen molar-refractivity contribution in [2.75, 3.05) is 49.1 Å². The van der Waals surface area contributed by atoms with Crippen LogP contribution in [0.1, 0.15) is 28.5 Å². The number of hydrogen-bond acceptors (Lipinski definition) is 4. The number of carbonyl (C=O) groups excluding carboxylic acids is 1. The van der Waals surface area contributed by atoms with Crippen LogP contribution in [0.3, 0.4) is 0 Å². The van der Waals surface area contributed by atoms with E-state index in [2.05, 4.69) is 44.3 Å². The number of piperazine rings is 1. The molecule has 5 nitrogen and oxygen atoms in total. The van der Waals surface area contributed by atoms with Gasteiger partial charge in [-0.15, -0.1) is 0 Å². The molecule has 1 amide bonds. The molecule has 0 bridgehead atoms. The minimum absolute atomic E-state index is 0.00663. The monoisotopic (exact) mass is 460 g/mol. The highest BCUT2D eigenvalue weighted by Crippen LogP contribution is 2.33. The molecule has 3 aromatic carbocycles. The summed E-state index contributed by atoms with van der Waals surface area (Å²) < 4.78 is 0. The topological polar surface area (TPSA) is 38.8 Å². The predicted molar refractivity (Wildman–Crippen MR) is 135 cm³/mol. The Bertz CT molecular complexity index is 1100. The SMILES string of the molecule is O=C1NC(c2ccccc2)N(CCCN2CCN(c3cccc(Cl)c3)CC2)c2ccccc21. The van der Waals surface area contributed by atoms with Crippen molar-refractivity contribution in [2.24, 2.45) is 0 Å². The summed E-state index contributed by atoms with van der Waals surface area (Å²) in [6.45, 7) is 6.03. The van der Waals surface area contributed by atoms with Gasteiger partial charge in [-0.1, -0.05) is 60.1 Å². The van der Waals surface area contributed by atoms with E-state index in [4.69, 9.17) is 11.6 Å². The fourth-order valence-electron chi connectivity index (χ4n) is 4.85. The quantitative estimate of drug-likeness (QED) is 0.573. The van der Waals surface area contributed by atoms with Crippen molar-refractivity contribution in [3.8, 4) is 0 Å². The smallest absolute Gasteiger partial charge is 0.255 e. The molecule has 1 fully saturated rings. The number of fused-ring (bicyclic) bond motifs is 1. The molecule has 1 atom stereocenters. The summed E-state index contributed by atoms with van der Waals surface area (Å²) in [5.41, 5.74) is 4.07. The van der Waals surface area contributed by atoms with Gasteiger partial charge in [0.25, 0.3) is 5.91 Å². The molecule has 0 radical (unpaired) electrons. The van der Waals surface area contributed by atoms with E-state index in [0.717, 1.165) is 67.5 Å². The van der Waals surface area contributed by atoms with Gasteiger partial charge in [0.1, 0.15) is 6.17 Å². The van der Waals surface area contributed by atoms with Crippen molar-refractivity contribution in [3.63, 3.8) is 0 Å². The first-order valence-electron chi connectivity index (χ1n) is 11.6. The average molecular weight is 461 g/mol. The lowest BCUT2D eigenvalue weighted by Crippen LogP contribution is -2.49. The largest absolute Gasteiger partial charge is 0.369 e. The van der Waals surface area contributed by atoms with Gasteiger partial charge in [-0.3, -0.25) is 9.69 Å². The van der Waals surface area contributed by atoms with Gasteiger partial charge in [-0.2, -0.15) is 0 Å². The summed E-state index contributed by atoms with van der Waals surface area (Å²) in [6, 6.07) is 26.3. The molecule has 3 aromatic rings. The molecule has 2 aliphatic heterocycles. The lowest BCUT2D eigenvalue weighted by molar-refractivity contribution is 0.0926. The highest BCUT2D eigenvalue weighted by atomic mass is 35.5. The number of halogens is 1. The van der Waals surface area contributed by atoms with Crippen LogP contribution in [0.2, 0.25) is 5.02 Å². The number of carbonyl (C=O) groups is 1. The molecule has 0 spiro atoms. The van der Waals surface area contributed by atoms with Gasteiger partial charge in [0, 0.05) is 43.4 Å². The number of anilines is 2. The third-order valence-electron chi connectivity index (χ3n) is 6.57.